The third kappa shape index (κ3) is 6.25. The van der Waals surface area contributed by atoms with E-state index in [0.717, 1.165) is 39.9 Å². The predicted octanol–water partition coefficient (Wildman–Crippen LogP) is 3.56. The highest BCUT2D eigenvalue weighted by atomic mass is 32.1. The van der Waals surface area contributed by atoms with E-state index in [-0.39, 0.29) is 0 Å². The van der Waals surface area contributed by atoms with E-state index >= 15 is 0 Å². The highest BCUT2D eigenvalue weighted by molar-refractivity contribution is 7.18. The molecule has 7 nitrogen and oxygen atoms in total. The fraction of sp³-hybridized carbons (Fsp3) is 0.143. The van der Waals surface area contributed by atoms with Gasteiger partial charge in [-0.2, -0.15) is 0 Å². The highest BCUT2D eigenvalue weighted by Crippen LogP contribution is 2.24. The van der Waals surface area contributed by atoms with Crippen molar-refractivity contribution in [2.24, 2.45) is 0 Å². The molecule has 2 N–H and O–H groups in total. The zero-order chi connectivity index (χ0) is 20.3. The van der Waals surface area contributed by atoms with E-state index in [0.29, 0.717) is 12.2 Å². The molecular formula is C21H21N5O2S. The van der Waals surface area contributed by atoms with Gasteiger partial charge >= 0.3 is 0 Å². The van der Waals surface area contributed by atoms with Crippen molar-refractivity contribution in [1.29, 1.82) is 0 Å². The average molecular weight is 407 g/mol. The summed E-state index contributed by atoms with van der Waals surface area (Å²) in [6.45, 7) is 1.40. The van der Waals surface area contributed by atoms with Gasteiger partial charge in [-0.25, -0.2) is 0 Å². The molecular weight excluding hydrogens is 386 g/mol. The number of hydrogen-bond donors (Lipinski definition) is 2. The molecule has 0 saturated carbocycles. The van der Waals surface area contributed by atoms with E-state index in [4.69, 9.17) is 4.74 Å². The lowest BCUT2D eigenvalue weighted by Gasteiger charge is -2.10. The van der Waals surface area contributed by atoms with Crippen LogP contribution in [0.25, 0.3) is 10.6 Å². The number of carbonyl (C=O) groups is 1. The van der Waals surface area contributed by atoms with Crippen molar-refractivity contribution in [3.05, 3.63) is 78.3 Å². The van der Waals surface area contributed by atoms with Crippen molar-refractivity contribution in [3.63, 3.8) is 0 Å². The monoisotopic (exact) mass is 407 g/mol. The predicted molar refractivity (Wildman–Crippen MR) is 115 cm³/mol. The summed E-state index contributed by atoms with van der Waals surface area (Å²) in [4.78, 5) is 14.4. The van der Waals surface area contributed by atoms with Gasteiger partial charge in [0.05, 0.1) is 0 Å². The molecule has 3 aromatic rings. The summed E-state index contributed by atoms with van der Waals surface area (Å²) in [6, 6.07) is 10.9. The summed E-state index contributed by atoms with van der Waals surface area (Å²) in [6.07, 6.45) is 10.3. The molecule has 29 heavy (non-hydrogen) atoms. The van der Waals surface area contributed by atoms with Gasteiger partial charge in [0, 0.05) is 48.9 Å². The van der Waals surface area contributed by atoms with Gasteiger partial charge < -0.3 is 15.4 Å². The minimum Gasteiger partial charge on any atom is -0.489 e. The second-order valence-corrected chi connectivity index (χ2v) is 6.88. The van der Waals surface area contributed by atoms with Crippen LogP contribution in [0.1, 0.15) is 10.4 Å². The van der Waals surface area contributed by atoms with Crippen LogP contribution in [0.5, 0.6) is 5.75 Å². The average Bonchev–Trinajstić information content (AvgIpc) is 3.29. The second-order valence-electron chi connectivity index (χ2n) is 5.90. The lowest BCUT2D eigenvalue weighted by molar-refractivity contribution is 0.112. The molecule has 0 saturated heterocycles. The number of nitrogens with zero attached hydrogens (tertiary/aromatic N) is 3. The van der Waals surface area contributed by atoms with Crippen LogP contribution in [0.15, 0.2) is 72.7 Å². The van der Waals surface area contributed by atoms with Crippen molar-refractivity contribution in [2.75, 3.05) is 25.5 Å². The van der Waals surface area contributed by atoms with Crippen molar-refractivity contribution in [3.8, 4) is 16.3 Å². The van der Waals surface area contributed by atoms with Crippen LogP contribution in [0.2, 0.25) is 0 Å². The number of pyridine rings is 1. The van der Waals surface area contributed by atoms with E-state index in [2.05, 4.69) is 25.8 Å². The first-order valence-corrected chi connectivity index (χ1v) is 9.79. The molecule has 0 spiro atoms. The van der Waals surface area contributed by atoms with Crippen LogP contribution in [0, 0.1) is 0 Å². The lowest BCUT2D eigenvalue weighted by Crippen LogP contribution is -2.12. The molecule has 3 heterocycles. The second kappa shape index (κ2) is 10.7. The zero-order valence-electron chi connectivity index (χ0n) is 15.9. The smallest absolute Gasteiger partial charge is 0.205 e. The largest absolute Gasteiger partial charge is 0.489 e. The van der Waals surface area contributed by atoms with Gasteiger partial charge in [-0.05, 0) is 36.4 Å². The number of carbonyl (C=O) groups excluding carboxylic acids is 1. The van der Waals surface area contributed by atoms with Crippen molar-refractivity contribution >= 4 is 22.8 Å². The van der Waals surface area contributed by atoms with Crippen LogP contribution in [0.4, 0.5) is 5.13 Å². The molecule has 0 unspecified atom stereocenters. The normalized spacial score (nSPS) is 12.1. The van der Waals surface area contributed by atoms with Crippen LogP contribution in [0.3, 0.4) is 0 Å². The molecule has 1 aromatic carbocycles. The summed E-state index contributed by atoms with van der Waals surface area (Å²) >= 11 is 1.52. The molecule has 1 aliphatic rings. The molecule has 0 fully saturated rings. The molecule has 0 bridgehead atoms. The Hall–Kier alpha value is -3.52. The first kappa shape index (κ1) is 20.2. The van der Waals surface area contributed by atoms with E-state index in [1.54, 1.807) is 36.7 Å². The molecule has 0 amide bonds. The van der Waals surface area contributed by atoms with Crippen LogP contribution in [-0.4, -0.2) is 41.7 Å². The maximum atomic E-state index is 10.5. The Kier molecular flexibility index (Phi) is 7.48. The molecule has 0 atom stereocenters. The van der Waals surface area contributed by atoms with Crippen LogP contribution < -0.4 is 15.4 Å². The van der Waals surface area contributed by atoms with E-state index in [9.17, 15) is 4.79 Å². The number of dihydropyridines is 1. The first-order valence-electron chi connectivity index (χ1n) is 8.97. The molecule has 0 aliphatic carbocycles. The Labute approximate surface area is 173 Å². The van der Waals surface area contributed by atoms with Gasteiger partial charge in [0.2, 0.25) is 5.13 Å². The maximum absolute atomic E-state index is 10.5. The molecule has 1 aliphatic heterocycles. The van der Waals surface area contributed by atoms with Crippen molar-refractivity contribution < 1.29 is 9.53 Å². The number of nitrogens with one attached hydrogen (secondary N) is 2. The molecule has 4 rings (SSSR count). The Balaban J connectivity index is 0.000000169. The minimum absolute atomic E-state index is 0.532. The number of aldehydes is 1. The van der Waals surface area contributed by atoms with Crippen molar-refractivity contribution in [2.45, 2.75) is 0 Å². The topological polar surface area (TPSA) is 89.0 Å². The summed E-state index contributed by atoms with van der Waals surface area (Å²) in [7, 11) is 1.83. The zero-order valence-corrected chi connectivity index (χ0v) is 16.7. The van der Waals surface area contributed by atoms with Gasteiger partial charge in [0.1, 0.15) is 23.7 Å². The van der Waals surface area contributed by atoms with Gasteiger partial charge in [0.25, 0.3) is 0 Å². The third-order valence-electron chi connectivity index (χ3n) is 3.84. The molecule has 2 aromatic heterocycles. The van der Waals surface area contributed by atoms with Gasteiger partial charge in [0.15, 0.2) is 0 Å². The Bertz CT molecular complexity index is 968. The first-order chi connectivity index (χ1) is 14.3. The number of aromatic nitrogens is 3. The van der Waals surface area contributed by atoms with Crippen molar-refractivity contribution in [1.82, 2.24) is 20.5 Å². The summed E-state index contributed by atoms with van der Waals surface area (Å²) < 4.78 is 5.57. The van der Waals surface area contributed by atoms with Gasteiger partial charge in [-0.3, -0.25) is 9.78 Å². The Morgan fingerprint density at radius 3 is 2.59 bits per heavy atom. The number of ether oxygens (including phenoxy) is 1. The minimum atomic E-state index is 0.532. The maximum Gasteiger partial charge on any atom is 0.205 e. The SMILES string of the molecule is CNc1nnc(-c2ccncc2)s1.O=Cc1ccc(OCC2=CNCC=C2)cc1. The number of anilines is 1. The molecule has 0 radical (unpaired) electrons. The van der Waals surface area contributed by atoms with E-state index in [1.807, 2.05) is 37.5 Å². The van der Waals surface area contributed by atoms with Crippen LogP contribution in [-0.2, 0) is 0 Å². The van der Waals surface area contributed by atoms with Gasteiger partial charge in [-0.1, -0.05) is 23.5 Å². The fourth-order valence-corrected chi connectivity index (χ4v) is 3.05. The van der Waals surface area contributed by atoms with Gasteiger partial charge in [-0.15, -0.1) is 10.2 Å². The Morgan fingerprint density at radius 2 is 1.97 bits per heavy atom. The summed E-state index contributed by atoms with van der Waals surface area (Å²) in [5, 5.41) is 15.8. The third-order valence-corrected chi connectivity index (χ3v) is 4.83. The quantitative estimate of drug-likeness (QED) is 0.604. The molecule has 148 valence electrons. The summed E-state index contributed by atoms with van der Waals surface area (Å²) in [5.41, 5.74) is 2.81. The Morgan fingerprint density at radius 1 is 1.17 bits per heavy atom. The lowest BCUT2D eigenvalue weighted by atomic mass is 10.2. The molecule has 8 heteroatoms. The van der Waals surface area contributed by atoms with E-state index in [1.165, 1.54) is 11.3 Å². The standard InChI is InChI=1S/C13H13NO2.C8H8N4S/c15-9-11-3-5-13(6-4-11)16-10-12-2-1-7-14-8-12;1-9-8-12-11-7(13-8)6-2-4-10-5-3-6/h1-6,8-9,14H,7,10H2;2-5H,1H3,(H,9,12). The number of benzene rings is 1. The highest BCUT2D eigenvalue weighted by Gasteiger charge is 2.03. The number of rotatable bonds is 6. The number of hydrogen-bond acceptors (Lipinski definition) is 8. The van der Waals surface area contributed by atoms with Crippen LogP contribution >= 0.6 is 11.3 Å². The summed E-state index contributed by atoms with van der Waals surface area (Å²) in [5.74, 6) is 0.769. The fourth-order valence-electron chi connectivity index (χ4n) is 2.35. The van der Waals surface area contributed by atoms with E-state index < -0.39 is 0 Å².